The molecule has 1 heterocycles. The van der Waals surface area contributed by atoms with Gasteiger partial charge in [0, 0.05) is 6.04 Å². The minimum atomic E-state index is 0.529. The first kappa shape index (κ1) is 10.2. The lowest BCUT2D eigenvalue weighted by molar-refractivity contribution is 0.453. The molecule has 78 valence electrons. The van der Waals surface area contributed by atoms with Gasteiger partial charge in [0.15, 0.2) is 0 Å². The average molecular weight is 209 g/mol. The summed E-state index contributed by atoms with van der Waals surface area (Å²) in [5, 5.41) is 8.03. The molecule has 1 aromatic heterocycles. The standard InChI is InChI=1S/C12H19NS/c1-10(12-6-7-14-9-12)13-8-11-4-2-3-5-11/h6-7,9-11,13H,2-5,8H2,1H3. The normalized spacial score (nSPS) is 20.1. The molecule has 1 aliphatic rings. The van der Waals surface area contributed by atoms with Crippen molar-refractivity contribution in [2.75, 3.05) is 6.54 Å². The van der Waals surface area contributed by atoms with Gasteiger partial charge in [-0.3, -0.25) is 0 Å². The van der Waals surface area contributed by atoms with E-state index in [9.17, 15) is 0 Å². The van der Waals surface area contributed by atoms with E-state index in [4.69, 9.17) is 0 Å². The molecule has 0 amide bonds. The van der Waals surface area contributed by atoms with E-state index >= 15 is 0 Å². The molecule has 1 fully saturated rings. The highest BCUT2D eigenvalue weighted by atomic mass is 32.1. The zero-order chi connectivity index (χ0) is 9.80. The van der Waals surface area contributed by atoms with Crippen LogP contribution in [0.25, 0.3) is 0 Å². The van der Waals surface area contributed by atoms with E-state index in [2.05, 4.69) is 29.1 Å². The van der Waals surface area contributed by atoms with Crippen LogP contribution in [0.15, 0.2) is 16.8 Å². The molecule has 1 nitrogen and oxygen atoms in total. The molecule has 0 aliphatic heterocycles. The summed E-state index contributed by atoms with van der Waals surface area (Å²) in [5.74, 6) is 0.941. The Bertz CT molecular complexity index is 249. The minimum Gasteiger partial charge on any atom is -0.310 e. The fourth-order valence-corrected chi connectivity index (χ4v) is 2.95. The summed E-state index contributed by atoms with van der Waals surface area (Å²) < 4.78 is 0. The van der Waals surface area contributed by atoms with E-state index in [1.807, 2.05) is 0 Å². The quantitative estimate of drug-likeness (QED) is 0.799. The molecule has 0 saturated heterocycles. The van der Waals surface area contributed by atoms with E-state index < -0.39 is 0 Å². The number of nitrogens with one attached hydrogen (secondary N) is 1. The second kappa shape index (κ2) is 4.94. The second-order valence-electron chi connectivity index (χ2n) is 4.34. The van der Waals surface area contributed by atoms with E-state index in [0.717, 1.165) is 5.92 Å². The van der Waals surface area contributed by atoms with Gasteiger partial charge in [0.2, 0.25) is 0 Å². The maximum atomic E-state index is 3.63. The largest absolute Gasteiger partial charge is 0.310 e. The smallest absolute Gasteiger partial charge is 0.0300 e. The van der Waals surface area contributed by atoms with Crippen molar-refractivity contribution in [3.63, 3.8) is 0 Å². The Morgan fingerprint density at radius 3 is 2.93 bits per heavy atom. The summed E-state index contributed by atoms with van der Waals surface area (Å²) in [4.78, 5) is 0. The third-order valence-electron chi connectivity index (χ3n) is 3.23. The molecule has 1 saturated carbocycles. The van der Waals surface area contributed by atoms with Crippen molar-refractivity contribution in [1.29, 1.82) is 0 Å². The van der Waals surface area contributed by atoms with Gasteiger partial charge < -0.3 is 5.32 Å². The molecule has 1 atom stereocenters. The van der Waals surface area contributed by atoms with Crippen molar-refractivity contribution in [3.05, 3.63) is 22.4 Å². The number of rotatable bonds is 4. The van der Waals surface area contributed by atoms with Crippen LogP contribution >= 0.6 is 11.3 Å². The highest BCUT2D eigenvalue weighted by Crippen LogP contribution is 2.25. The topological polar surface area (TPSA) is 12.0 Å². The second-order valence-corrected chi connectivity index (χ2v) is 5.12. The van der Waals surface area contributed by atoms with Gasteiger partial charge in [-0.1, -0.05) is 12.8 Å². The van der Waals surface area contributed by atoms with Crippen LogP contribution in [0.5, 0.6) is 0 Å². The van der Waals surface area contributed by atoms with Crippen molar-refractivity contribution in [2.45, 2.75) is 38.6 Å². The molecule has 0 radical (unpaired) electrons. The van der Waals surface area contributed by atoms with E-state index in [-0.39, 0.29) is 0 Å². The molecular formula is C12H19NS. The molecule has 1 N–H and O–H groups in total. The number of hydrogen-bond acceptors (Lipinski definition) is 2. The monoisotopic (exact) mass is 209 g/mol. The molecule has 14 heavy (non-hydrogen) atoms. The van der Waals surface area contributed by atoms with Gasteiger partial charge in [-0.25, -0.2) is 0 Å². The van der Waals surface area contributed by atoms with Crippen LogP contribution in [-0.4, -0.2) is 6.54 Å². The highest BCUT2D eigenvalue weighted by molar-refractivity contribution is 7.07. The lowest BCUT2D eigenvalue weighted by Crippen LogP contribution is -2.24. The predicted molar refractivity (Wildman–Crippen MR) is 62.7 cm³/mol. The predicted octanol–water partition coefficient (Wildman–Crippen LogP) is 3.59. The summed E-state index contributed by atoms with van der Waals surface area (Å²) in [6, 6.07) is 2.75. The number of thiophene rings is 1. The summed E-state index contributed by atoms with van der Waals surface area (Å²) in [6.07, 6.45) is 5.76. The molecule has 1 aliphatic carbocycles. The minimum absolute atomic E-state index is 0.529. The maximum Gasteiger partial charge on any atom is 0.0300 e. The van der Waals surface area contributed by atoms with E-state index in [1.165, 1.54) is 37.8 Å². The van der Waals surface area contributed by atoms with Crippen LogP contribution in [0, 0.1) is 5.92 Å². The fourth-order valence-electron chi connectivity index (χ4n) is 2.20. The Labute approximate surface area is 90.5 Å². The Hall–Kier alpha value is -0.340. The van der Waals surface area contributed by atoms with Gasteiger partial charge in [-0.05, 0) is 54.6 Å². The molecular weight excluding hydrogens is 190 g/mol. The van der Waals surface area contributed by atoms with Crippen molar-refractivity contribution >= 4 is 11.3 Å². The van der Waals surface area contributed by atoms with Crippen LogP contribution in [0.4, 0.5) is 0 Å². The zero-order valence-corrected chi connectivity index (χ0v) is 9.65. The van der Waals surface area contributed by atoms with Crippen molar-refractivity contribution < 1.29 is 0 Å². The SMILES string of the molecule is CC(NCC1CCCC1)c1ccsc1. The van der Waals surface area contributed by atoms with Crippen molar-refractivity contribution in [1.82, 2.24) is 5.32 Å². The Balaban J connectivity index is 1.74. The Morgan fingerprint density at radius 1 is 1.50 bits per heavy atom. The Kier molecular flexibility index (Phi) is 3.60. The van der Waals surface area contributed by atoms with Gasteiger partial charge in [0.25, 0.3) is 0 Å². The first-order valence-electron chi connectivity index (χ1n) is 5.62. The van der Waals surface area contributed by atoms with Gasteiger partial charge in [0.05, 0.1) is 0 Å². The van der Waals surface area contributed by atoms with E-state index in [1.54, 1.807) is 11.3 Å². The molecule has 2 heteroatoms. The Morgan fingerprint density at radius 2 is 2.29 bits per heavy atom. The van der Waals surface area contributed by atoms with Crippen LogP contribution in [0.2, 0.25) is 0 Å². The first-order valence-corrected chi connectivity index (χ1v) is 6.56. The lowest BCUT2D eigenvalue weighted by atomic mass is 10.1. The van der Waals surface area contributed by atoms with Gasteiger partial charge in [0.1, 0.15) is 0 Å². The van der Waals surface area contributed by atoms with Crippen LogP contribution < -0.4 is 5.32 Å². The van der Waals surface area contributed by atoms with Gasteiger partial charge in [-0.15, -0.1) is 0 Å². The third kappa shape index (κ3) is 2.58. The summed E-state index contributed by atoms with van der Waals surface area (Å²) in [7, 11) is 0. The molecule has 0 aromatic carbocycles. The highest BCUT2D eigenvalue weighted by Gasteiger charge is 2.15. The summed E-state index contributed by atoms with van der Waals surface area (Å²) >= 11 is 1.79. The number of hydrogen-bond donors (Lipinski definition) is 1. The van der Waals surface area contributed by atoms with Crippen LogP contribution in [0.1, 0.15) is 44.2 Å². The first-order chi connectivity index (χ1) is 6.86. The molecule has 0 spiro atoms. The van der Waals surface area contributed by atoms with Crippen molar-refractivity contribution in [2.24, 2.45) is 5.92 Å². The molecule has 1 unspecified atom stereocenters. The van der Waals surface area contributed by atoms with Gasteiger partial charge in [-0.2, -0.15) is 11.3 Å². The van der Waals surface area contributed by atoms with Crippen molar-refractivity contribution in [3.8, 4) is 0 Å². The van der Waals surface area contributed by atoms with Gasteiger partial charge >= 0.3 is 0 Å². The lowest BCUT2D eigenvalue weighted by Gasteiger charge is -2.16. The van der Waals surface area contributed by atoms with Crippen LogP contribution in [0.3, 0.4) is 0 Å². The molecule has 1 aromatic rings. The zero-order valence-electron chi connectivity index (χ0n) is 8.83. The molecule has 2 rings (SSSR count). The fraction of sp³-hybridized carbons (Fsp3) is 0.667. The van der Waals surface area contributed by atoms with Crippen LogP contribution in [-0.2, 0) is 0 Å². The average Bonchev–Trinajstić information content (AvgIpc) is 2.87. The maximum absolute atomic E-state index is 3.63. The van der Waals surface area contributed by atoms with E-state index in [0.29, 0.717) is 6.04 Å². The molecule has 0 bridgehead atoms. The summed E-state index contributed by atoms with van der Waals surface area (Å²) in [6.45, 7) is 3.47. The summed E-state index contributed by atoms with van der Waals surface area (Å²) in [5.41, 5.74) is 1.44. The third-order valence-corrected chi connectivity index (χ3v) is 3.93.